The Morgan fingerprint density at radius 3 is 2.86 bits per heavy atom. The van der Waals surface area contributed by atoms with Gasteiger partial charge in [0.1, 0.15) is 0 Å². The van der Waals surface area contributed by atoms with Crippen molar-refractivity contribution in [2.24, 2.45) is 0 Å². The predicted octanol–water partition coefficient (Wildman–Crippen LogP) is 2.00. The summed E-state index contributed by atoms with van der Waals surface area (Å²) in [6.07, 6.45) is 0.296. The van der Waals surface area contributed by atoms with Crippen LogP contribution < -0.4 is 15.8 Å². The maximum Gasteiger partial charge on any atom is 0.228 e. The van der Waals surface area contributed by atoms with Gasteiger partial charge < -0.3 is 15.8 Å². The van der Waals surface area contributed by atoms with Gasteiger partial charge in [-0.05, 0) is 35.9 Å². The third kappa shape index (κ3) is 2.23. The lowest BCUT2D eigenvalue weighted by molar-refractivity contribution is -0.115. The van der Waals surface area contributed by atoms with Gasteiger partial charge in [-0.15, -0.1) is 0 Å². The van der Waals surface area contributed by atoms with Crippen LogP contribution in [0.3, 0.4) is 0 Å². The Morgan fingerprint density at radius 1 is 1.29 bits per heavy atom. The van der Waals surface area contributed by atoms with E-state index in [1.54, 1.807) is 36.4 Å². The van der Waals surface area contributed by atoms with Crippen molar-refractivity contribution in [1.29, 1.82) is 0 Å². The highest BCUT2D eigenvalue weighted by Crippen LogP contribution is 2.30. The van der Waals surface area contributed by atoms with Gasteiger partial charge in [-0.1, -0.05) is 6.07 Å². The first-order valence-corrected chi connectivity index (χ1v) is 6.50. The quantitative estimate of drug-likeness (QED) is 0.666. The van der Waals surface area contributed by atoms with Gasteiger partial charge in [-0.3, -0.25) is 9.59 Å². The molecule has 2 aromatic carbocycles. The van der Waals surface area contributed by atoms with Crippen molar-refractivity contribution in [3.63, 3.8) is 0 Å². The number of hydrogen-bond acceptors (Lipinski definition) is 4. The van der Waals surface area contributed by atoms with E-state index in [0.717, 1.165) is 11.3 Å². The monoisotopic (exact) mass is 282 g/mol. The van der Waals surface area contributed by atoms with Gasteiger partial charge in [-0.2, -0.15) is 0 Å². The zero-order valence-corrected chi connectivity index (χ0v) is 11.5. The third-order valence-electron chi connectivity index (χ3n) is 3.49. The number of hydrogen-bond donors (Lipinski definition) is 2. The predicted molar refractivity (Wildman–Crippen MR) is 79.6 cm³/mol. The second-order valence-electron chi connectivity index (χ2n) is 4.85. The normalized spacial score (nSPS) is 12.7. The first kappa shape index (κ1) is 13.2. The van der Waals surface area contributed by atoms with Gasteiger partial charge >= 0.3 is 0 Å². The number of rotatable bonds is 3. The summed E-state index contributed by atoms with van der Waals surface area (Å²) in [6, 6.07) is 10.2. The number of amides is 1. The number of carbonyl (C=O) groups excluding carboxylic acids is 2. The SMILES string of the molecule is COc1c(N)cccc1C(=O)c1ccc2c(c1)CC(=O)N2. The van der Waals surface area contributed by atoms with Crippen LogP contribution in [-0.2, 0) is 11.2 Å². The fourth-order valence-corrected chi connectivity index (χ4v) is 2.49. The highest BCUT2D eigenvalue weighted by molar-refractivity contribution is 6.12. The van der Waals surface area contributed by atoms with E-state index in [2.05, 4.69) is 5.32 Å². The van der Waals surface area contributed by atoms with Crippen molar-refractivity contribution < 1.29 is 14.3 Å². The second-order valence-corrected chi connectivity index (χ2v) is 4.85. The Hall–Kier alpha value is -2.82. The zero-order chi connectivity index (χ0) is 15.0. The molecule has 0 saturated heterocycles. The van der Waals surface area contributed by atoms with Gasteiger partial charge in [0, 0.05) is 11.3 Å². The Labute approximate surface area is 121 Å². The fraction of sp³-hybridized carbons (Fsp3) is 0.125. The first-order valence-electron chi connectivity index (χ1n) is 6.50. The molecule has 0 bridgehead atoms. The number of benzene rings is 2. The molecule has 0 aliphatic carbocycles. The van der Waals surface area contributed by atoms with E-state index in [-0.39, 0.29) is 11.7 Å². The smallest absolute Gasteiger partial charge is 0.228 e. The number of fused-ring (bicyclic) bond motifs is 1. The van der Waals surface area contributed by atoms with Crippen LogP contribution in [0.5, 0.6) is 5.75 Å². The minimum absolute atomic E-state index is 0.0591. The highest BCUT2D eigenvalue weighted by atomic mass is 16.5. The van der Waals surface area contributed by atoms with E-state index in [0.29, 0.717) is 29.0 Å². The topological polar surface area (TPSA) is 81.4 Å². The van der Waals surface area contributed by atoms with Crippen molar-refractivity contribution in [3.8, 4) is 5.75 Å². The summed E-state index contributed by atoms with van der Waals surface area (Å²) in [5.74, 6) is 0.134. The molecule has 106 valence electrons. The number of carbonyl (C=O) groups is 2. The summed E-state index contributed by atoms with van der Waals surface area (Å²) < 4.78 is 5.22. The molecule has 5 heteroatoms. The summed E-state index contributed by atoms with van der Waals surface area (Å²) in [5.41, 5.74) is 8.75. The first-order chi connectivity index (χ1) is 10.1. The molecular weight excluding hydrogens is 268 g/mol. The average Bonchev–Trinajstić information content (AvgIpc) is 2.85. The van der Waals surface area contributed by atoms with Crippen LogP contribution >= 0.6 is 0 Å². The Morgan fingerprint density at radius 2 is 2.10 bits per heavy atom. The molecule has 5 nitrogen and oxygen atoms in total. The molecule has 0 radical (unpaired) electrons. The molecule has 0 unspecified atom stereocenters. The van der Waals surface area contributed by atoms with Gasteiger partial charge in [0.15, 0.2) is 11.5 Å². The Kier molecular flexibility index (Phi) is 3.10. The van der Waals surface area contributed by atoms with Crippen molar-refractivity contribution in [2.75, 3.05) is 18.2 Å². The Balaban J connectivity index is 2.02. The number of nitrogens with two attached hydrogens (primary N) is 1. The maximum absolute atomic E-state index is 12.6. The van der Waals surface area contributed by atoms with E-state index in [1.807, 2.05) is 0 Å². The molecule has 0 saturated carbocycles. The van der Waals surface area contributed by atoms with E-state index >= 15 is 0 Å². The lowest BCUT2D eigenvalue weighted by atomic mass is 9.99. The number of para-hydroxylation sites is 1. The van der Waals surface area contributed by atoms with Gasteiger partial charge in [0.05, 0.1) is 24.8 Å². The molecule has 0 spiro atoms. The van der Waals surface area contributed by atoms with E-state index in [9.17, 15) is 9.59 Å². The molecule has 3 rings (SSSR count). The minimum atomic E-state index is -0.179. The summed E-state index contributed by atoms with van der Waals surface area (Å²) in [4.78, 5) is 24.0. The van der Waals surface area contributed by atoms with Gasteiger partial charge in [0.25, 0.3) is 0 Å². The molecule has 0 aromatic heterocycles. The molecule has 1 aliphatic heterocycles. The number of anilines is 2. The number of nitrogens with one attached hydrogen (secondary N) is 1. The summed E-state index contributed by atoms with van der Waals surface area (Å²) >= 11 is 0. The van der Waals surface area contributed by atoms with Crippen LogP contribution in [0.1, 0.15) is 21.5 Å². The molecule has 0 atom stereocenters. The molecule has 21 heavy (non-hydrogen) atoms. The van der Waals surface area contributed by atoms with Crippen LogP contribution in [0, 0.1) is 0 Å². The van der Waals surface area contributed by atoms with E-state index in [4.69, 9.17) is 10.5 Å². The molecule has 1 aliphatic rings. The molecule has 0 fully saturated rings. The van der Waals surface area contributed by atoms with Gasteiger partial charge in [-0.25, -0.2) is 0 Å². The van der Waals surface area contributed by atoms with Crippen molar-refractivity contribution in [1.82, 2.24) is 0 Å². The number of methoxy groups -OCH3 is 1. The maximum atomic E-state index is 12.6. The van der Waals surface area contributed by atoms with Crippen LogP contribution in [0.25, 0.3) is 0 Å². The van der Waals surface area contributed by atoms with E-state index < -0.39 is 0 Å². The van der Waals surface area contributed by atoms with Crippen molar-refractivity contribution in [2.45, 2.75) is 6.42 Å². The zero-order valence-electron chi connectivity index (χ0n) is 11.5. The molecular formula is C16H14N2O3. The minimum Gasteiger partial charge on any atom is -0.494 e. The lowest BCUT2D eigenvalue weighted by Crippen LogP contribution is -2.06. The van der Waals surface area contributed by atoms with Crippen molar-refractivity contribution >= 4 is 23.1 Å². The number of ketones is 1. The largest absolute Gasteiger partial charge is 0.494 e. The van der Waals surface area contributed by atoms with Crippen molar-refractivity contribution in [3.05, 3.63) is 53.1 Å². The molecule has 2 aromatic rings. The van der Waals surface area contributed by atoms with Crippen LogP contribution in [0.2, 0.25) is 0 Å². The van der Waals surface area contributed by atoms with Crippen LogP contribution in [-0.4, -0.2) is 18.8 Å². The average molecular weight is 282 g/mol. The number of nitrogen functional groups attached to an aromatic ring is 1. The number of ether oxygens (including phenoxy) is 1. The Bertz CT molecular complexity index is 753. The van der Waals surface area contributed by atoms with Crippen LogP contribution in [0.4, 0.5) is 11.4 Å². The molecule has 1 amide bonds. The van der Waals surface area contributed by atoms with Gasteiger partial charge in [0.2, 0.25) is 5.91 Å². The standard InChI is InChI=1S/C16H14N2O3/c1-21-16-11(3-2-4-12(16)17)15(20)9-5-6-13-10(7-9)8-14(19)18-13/h2-7H,8,17H2,1H3,(H,18,19). The molecule has 1 heterocycles. The third-order valence-corrected chi connectivity index (χ3v) is 3.49. The fourth-order valence-electron chi connectivity index (χ4n) is 2.49. The highest BCUT2D eigenvalue weighted by Gasteiger charge is 2.21. The van der Waals surface area contributed by atoms with E-state index in [1.165, 1.54) is 7.11 Å². The lowest BCUT2D eigenvalue weighted by Gasteiger charge is -2.10. The second kappa shape index (κ2) is 4.94. The molecule has 3 N–H and O–H groups in total. The summed E-state index contributed by atoms with van der Waals surface area (Å²) in [6.45, 7) is 0. The van der Waals surface area contributed by atoms with Crippen LogP contribution in [0.15, 0.2) is 36.4 Å². The summed E-state index contributed by atoms with van der Waals surface area (Å²) in [7, 11) is 1.48. The summed E-state index contributed by atoms with van der Waals surface area (Å²) in [5, 5.41) is 2.74.